The van der Waals surface area contributed by atoms with Gasteiger partial charge in [0.05, 0.1) is 23.9 Å². The largest absolute Gasteiger partial charge is 0.258 e. The van der Waals surface area contributed by atoms with Crippen LogP contribution in [0.2, 0.25) is 0 Å². The van der Waals surface area contributed by atoms with Crippen molar-refractivity contribution in [2.24, 2.45) is 5.92 Å². The second-order valence-corrected chi connectivity index (χ2v) is 3.43. The highest BCUT2D eigenvalue weighted by Crippen LogP contribution is 2.03. The fraction of sp³-hybridized carbons (Fsp3) is 0.500. The van der Waals surface area contributed by atoms with Crippen LogP contribution in [0.5, 0.6) is 0 Å². The Labute approximate surface area is 78.5 Å². The maximum Gasteiger partial charge on any atom is 0.0790 e. The minimum absolute atomic E-state index is 0.342. The fourth-order valence-electron chi connectivity index (χ4n) is 1.08. The van der Waals surface area contributed by atoms with Gasteiger partial charge in [0, 0.05) is 12.4 Å². The molecular formula is C10H13N3. The molecule has 0 aromatic carbocycles. The number of hydrogen-bond donors (Lipinski definition) is 0. The van der Waals surface area contributed by atoms with Gasteiger partial charge in [-0.1, -0.05) is 13.8 Å². The van der Waals surface area contributed by atoms with E-state index in [9.17, 15) is 0 Å². The maximum atomic E-state index is 8.42. The third-order valence-electron chi connectivity index (χ3n) is 1.64. The van der Waals surface area contributed by atoms with Gasteiger partial charge in [-0.25, -0.2) is 0 Å². The van der Waals surface area contributed by atoms with Crippen molar-refractivity contribution >= 4 is 0 Å². The van der Waals surface area contributed by atoms with Crippen LogP contribution >= 0.6 is 0 Å². The van der Waals surface area contributed by atoms with Crippen LogP contribution in [0.15, 0.2) is 12.4 Å². The summed E-state index contributed by atoms with van der Waals surface area (Å²) in [6, 6.07) is 2.04. The Balaban J connectivity index is 2.65. The lowest BCUT2D eigenvalue weighted by molar-refractivity contribution is 0.632. The Hall–Kier alpha value is -1.43. The molecule has 0 aliphatic heterocycles. The summed E-state index contributed by atoms with van der Waals surface area (Å²) >= 11 is 0. The zero-order valence-corrected chi connectivity index (χ0v) is 7.99. The van der Waals surface area contributed by atoms with Crippen molar-refractivity contribution in [3.05, 3.63) is 23.8 Å². The van der Waals surface area contributed by atoms with Gasteiger partial charge in [0.1, 0.15) is 0 Å². The molecule has 0 spiro atoms. The predicted octanol–water partition coefficient (Wildman–Crippen LogP) is 1.74. The first-order valence-electron chi connectivity index (χ1n) is 4.39. The molecule has 0 aliphatic carbocycles. The van der Waals surface area contributed by atoms with E-state index in [2.05, 4.69) is 23.8 Å². The first-order valence-corrected chi connectivity index (χ1v) is 4.39. The predicted molar refractivity (Wildman–Crippen MR) is 49.9 cm³/mol. The summed E-state index contributed by atoms with van der Waals surface area (Å²) in [5.41, 5.74) is 1.74. The summed E-state index contributed by atoms with van der Waals surface area (Å²) in [5.74, 6) is 0.594. The van der Waals surface area contributed by atoms with Crippen molar-refractivity contribution in [3.63, 3.8) is 0 Å². The van der Waals surface area contributed by atoms with Crippen molar-refractivity contribution in [2.45, 2.75) is 26.7 Å². The van der Waals surface area contributed by atoms with Crippen molar-refractivity contribution in [1.82, 2.24) is 9.97 Å². The van der Waals surface area contributed by atoms with Crippen LogP contribution in [0.25, 0.3) is 0 Å². The Morgan fingerprint density at radius 2 is 1.92 bits per heavy atom. The van der Waals surface area contributed by atoms with E-state index < -0.39 is 0 Å². The van der Waals surface area contributed by atoms with Gasteiger partial charge in [-0.15, -0.1) is 0 Å². The van der Waals surface area contributed by atoms with Crippen LogP contribution in [0.4, 0.5) is 0 Å². The fourth-order valence-corrected chi connectivity index (χ4v) is 1.08. The monoisotopic (exact) mass is 175 g/mol. The summed E-state index contributed by atoms with van der Waals surface area (Å²) in [6.07, 6.45) is 4.72. The molecule has 0 unspecified atom stereocenters. The normalized spacial score (nSPS) is 10.0. The van der Waals surface area contributed by atoms with Crippen LogP contribution in [0.3, 0.4) is 0 Å². The highest BCUT2D eigenvalue weighted by Gasteiger charge is 1.99. The van der Waals surface area contributed by atoms with Gasteiger partial charge >= 0.3 is 0 Å². The van der Waals surface area contributed by atoms with Crippen molar-refractivity contribution in [2.75, 3.05) is 0 Å². The van der Waals surface area contributed by atoms with Gasteiger partial charge in [0.15, 0.2) is 0 Å². The Morgan fingerprint density at radius 3 is 2.38 bits per heavy atom. The van der Waals surface area contributed by atoms with Gasteiger partial charge in [-0.2, -0.15) is 5.26 Å². The smallest absolute Gasteiger partial charge is 0.0790 e. The quantitative estimate of drug-likeness (QED) is 0.703. The van der Waals surface area contributed by atoms with Gasteiger partial charge in [0.2, 0.25) is 0 Å². The van der Waals surface area contributed by atoms with Crippen LogP contribution in [0, 0.1) is 17.2 Å². The standard InChI is InChI=1S/C10H13N3/c1-8(2)5-10-7-12-9(3-4-11)6-13-10/h6-8H,3,5H2,1-2H3. The zero-order valence-electron chi connectivity index (χ0n) is 7.99. The van der Waals surface area contributed by atoms with Crippen molar-refractivity contribution in [3.8, 4) is 6.07 Å². The van der Waals surface area contributed by atoms with Crippen LogP contribution in [0.1, 0.15) is 25.2 Å². The molecule has 1 aromatic rings. The molecule has 1 rings (SSSR count). The molecule has 0 amide bonds. The minimum Gasteiger partial charge on any atom is -0.258 e. The van der Waals surface area contributed by atoms with E-state index >= 15 is 0 Å². The molecule has 68 valence electrons. The molecule has 0 atom stereocenters. The molecule has 1 heterocycles. The lowest BCUT2D eigenvalue weighted by Crippen LogP contribution is -1.99. The average molecular weight is 175 g/mol. The third-order valence-corrected chi connectivity index (χ3v) is 1.64. The lowest BCUT2D eigenvalue weighted by atomic mass is 10.1. The van der Waals surface area contributed by atoms with Crippen LogP contribution in [-0.2, 0) is 12.8 Å². The number of rotatable bonds is 3. The molecule has 0 N–H and O–H groups in total. The summed E-state index contributed by atoms with van der Waals surface area (Å²) in [5, 5.41) is 8.42. The molecule has 13 heavy (non-hydrogen) atoms. The van der Waals surface area contributed by atoms with Gasteiger partial charge in [0.25, 0.3) is 0 Å². The van der Waals surface area contributed by atoms with E-state index in [4.69, 9.17) is 5.26 Å². The summed E-state index contributed by atoms with van der Waals surface area (Å²) in [4.78, 5) is 8.36. The first kappa shape index (κ1) is 9.66. The Bertz CT molecular complexity index is 295. The average Bonchev–Trinajstić information content (AvgIpc) is 2.08. The lowest BCUT2D eigenvalue weighted by Gasteiger charge is -2.02. The van der Waals surface area contributed by atoms with E-state index in [0.29, 0.717) is 12.3 Å². The molecule has 0 radical (unpaired) electrons. The van der Waals surface area contributed by atoms with Crippen LogP contribution in [-0.4, -0.2) is 9.97 Å². The molecule has 0 bridgehead atoms. The summed E-state index contributed by atoms with van der Waals surface area (Å²) in [7, 11) is 0. The number of hydrogen-bond acceptors (Lipinski definition) is 3. The summed E-state index contributed by atoms with van der Waals surface area (Å²) < 4.78 is 0. The number of aromatic nitrogens is 2. The number of nitriles is 1. The molecule has 1 aromatic heterocycles. The van der Waals surface area contributed by atoms with E-state index in [-0.39, 0.29) is 0 Å². The van der Waals surface area contributed by atoms with Crippen LogP contribution < -0.4 is 0 Å². The minimum atomic E-state index is 0.342. The third kappa shape index (κ3) is 3.20. The molecule has 0 fully saturated rings. The summed E-state index contributed by atoms with van der Waals surface area (Å²) in [6.45, 7) is 4.29. The molecule has 3 heteroatoms. The molecule has 0 saturated carbocycles. The highest BCUT2D eigenvalue weighted by molar-refractivity contribution is 5.06. The van der Waals surface area contributed by atoms with Crippen molar-refractivity contribution < 1.29 is 0 Å². The van der Waals surface area contributed by atoms with Gasteiger partial charge < -0.3 is 0 Å². The van der Waals surface area contributed by atoms with Gasteiger partial charge in [-0.05, 0) is 12.3 Å². The SMILES string of the molecule is CC(C)Cc1cnc(CC#N)cn1. The van der Waals surface area contributed by atoms with Gasteiger partial charge in [-0.3, -0.25) is 9.97 Å². The topological polar surface area (TPSA) is 49.6 Å². The molecule has 3 nitrogen and oxygen atoms in total. The zero-order chi connectivity index (χ0) is 9.68. The number of nitrogens with zero attached hydrogens (tertiary/aromatic N) is 3. The second kappa shape index (κ2) is 4.56. The second-order valence-electron chi connectivity index (χ2n) is 3.43. The van der Waals surface area contributed by atoms with E-state index in [1.807, 2.05) is 6.07 Å². The highest BCUT2D eigenvalue weighted by atomic mass is 14.8. The Kier molecular flexibility index (Phi) is 3.39. The van der Waals surface area contributed by atoms with Crippen molar-refractivity contribution in [1.29, 1.82) is 5.26 Å². The molecule has 0 aliphatic rings. The first-order chi connectivity index (χ1) is 6.22. The molecule has 0 saturated heterocycles. The molecular weight excluding hydrogens is 162 g/mol. The van der Waals surface area contributed by atoms with E-state index in [0.717, 1.165) is 17.8 Å². The van der Waals surface area contributed by atoms with E-state index in [1.165, 1.54) is 0 Å². The van der Waals surface area contributed by atoms with E-state index in [1.54, 1.807) is 12.4 Å². The Morgan fingerprint density at radius 1 is 1.31 bits per heavy atom. The maximum absolute atomic E-state index is 8.42.